The lowest BCUT2D eigenvalue weighted by atomic mass is 10.1. The quantitative estimate of drug-likeness (QED) is 0.473. The van der Waals surface area contributed by atoms with Crippen LogP contribution in [-0.4, -0.2) is 27.5 Å². The summed E-state index contributed by atoms with van der Waals surface area (Å²) in [7, 11) is 2.68. The zero-order valence-corrected chi connectivity index (χ0v) is 14.3. The number of imidazole rings is 1. The van der Waals surface area contributed by atoms with Gasteiger partial charge in [0.25, 0.3) is 0 Å². The second-order valence-electron chi connectivity index (χ2n) is 5.40. The first-order valence-corrected chi connectivity index (χ1v) is 8.57. The van der Waals surface area contributed by atoms with Crippen molar-refractivity contribution in [2.75, 3.05) is 6.16 Å². The number of carbonyl (C=O) groups excluding carboxylic acids is 2. The largest absolute Gasteiger partial charge is 0.327 e. The van der Waals surface area contributed by atoms with Crippen LogP contribution in [0.2, 0.25) is 0 Å². The smallest absolute Gasteiger partial charge is 0.306 e. The maximum absolute atomic E-state index is 12.3. The average Bonchev–Trinajstić information content (AvgIpc) is 2.80. The molecule has 0 spiro atoms. The highest BCUT2D eigenvalue weighted by atomic mass is 31.0. The Bertz CT molecular complexity index is 700. The predicted molar refractivity (Wildman–Crippen MR) is 94.0 cm³/mol. The molecule has 1 aromatic rings. The van der Waals surface area contributed by atoms with Gasteiger partial charge in [-0.25, -0.2) is 4.79 Å². The van der Waals surface area contributed by atoms with Crippen LogP contribution in [0.15, 0.2) is 16.9 Å². The van der Waals surface area contributed by atoms with Gasteiger partial charge in [0, 0.05) is 6.42 Å². The number of unbranched alkanes of at least 4 members (excludes halogenated alkanes) is 1. The van der Waals surface area contributed by atoms with Gasteiger partial charge in [0.05, 0.1) is 11.4 Å². The monoisotopic (exact) mass is 335 g/mol. The lowest BCUT2D eigenvalue weighted by Gasteiger charge is -2.22. The maximum atomic E-state index is 12.3. The summed E-state index contributed by atoms with van der Waals surface area (Å²) in [4.78, 5) is 38.5. The highest BCUT2D eigenvalue weighted by molar-refractivity contribution is 7.16. The summed E-state index contributed by atoms with van der Waals surface area (Å²) in [5, 5.41) is 2.30. The summed E-state index contributed by atoms with van der Waals surface area (Å²) < 4.78 is 1.45. The molecule has 1 saturated heterocycles. The van der Waals surface area contributed by atoms with Crippen molar-refractivity contribution in [1.29, 1.82) is 0 Å². The van der Waals surface area contributed by atoms with Gasteiger partial charge in [-0.05, 0) is 44.5 Å². The fraction of sp³-hybridized carbons (Fsp3) is 0.438. The van der Waals surface area contributed by atoms with Gasteiger partial charge >= 0.3 is 5.69 Å². The van der Waals surface area contributed by atoms with Gasteiger partial charge in [0.15, 0.2) is 0 Å². The number of nitrogens with zero attached hydrogens (tertiary/aromatic N) is 1. The van der Waals surface area contributed by atoms with Crippen LogP contribution in [0, 0.1) is 0 Å². The summed E-state index contributed by atoms with van der Waals surface area (Å²) >= 11 is 0. The van der Waals surface area contributed by atoms with Crippen LogP contribution in [-0.2, 0) is 9.59 Å². The minimum atomic E-state index is -0.656. The molecule has 2 unspecified atom stereocenters. The Morgan fingerprint density at radius 3 is 2.74 bits per heavy atom. The lowest BCUT2D eigenvalue weighted by molar-refractivity contribution is -0.135. The number of hydrogen-bond acceptors (Lipinski definition) is 3. The first kappa shape index (κ1) is 17.4. The van der Waals surface area contributed by atoms with E-state index in [2.05, 4.69) is 19.5 Å². The minimum Gasteiger partial charge on any atom is -0.306 e. The van der Waals surface area contributed by atoms with Crippen LogP contribution in [0.4, 0.5) is 0 Å². The van der Waals surface area contributed by atoms with Crippen molar-refractivity contribution in [3.8, 4) is 0 Å². The van der Waals surface area contributed by atoms with Gasteiger partial charge in [-0.2, -0.15) is 0 Å². The van der Waals surface area contributed by atoms with E-state index in [1.165, 1.54) is 4.57 Å². The van der Waals surface area contributed by atoms with Crippen LogP contribution in [0.1, 0.15) is 50.0 Å². The predicted octanol–water partition coefficient (Wildman–Crippen LogP) is 1.86. The highest BCUT2D eigenvalue weighted by Crippen LogP contribution is 2.22. The van der Waals surface area contributed by atoms with Crippen molar-refractivity contribution in [3.05, 3.63) is 34.0 Å². The summed E-state index contributed by atoms with van der Waals surface area (Å²) in [5.41, 5.74) is 1.01. The molecule has 0 saturated carbocycles. The molecule has 1 fully saturated rings. The summed E-state index contributed by atoms with van der Waals surface area (Å²) in [6, 6.07) is -0.656. The molecule has 0 aromatic carbocycles. The molecular weight excluding hydrogens is 313 g/mol. The van der Waals surface area contributed by atoms with Crippen molar-refractivity contribution < 1.29 is 9.59 Å². The number of amides is 2. The van der Waals surface area contributed by atoms with Crippen molar-refractivity contribution in [2.24, 2.45) is 0 Å². The number of hydrogen-bond donors (Lipinski definition) is 2. The molecular formula is C16H22N3O3P. The number of aromatic amines is 1. The third-order valence-electron chi connectivity index (χ3n) is 3.70. The minimum absolute atomic E-state index is 0.239. The van der Waals surface area contributed by atoms with Crippen LogP contribution in [0.5, 0.6) is 0 Å². The molecule has 1 aromatic heterocycles. The third-order valence-corrected chi connectivity index (χ3v) is 4.11. The van der Waals surface area contributed by atoms with Gasteiger partial charge < -0.3 is 4.98 Å². The summed E-state index contributed by atoms with van der Waals surface area (Å²) in [5.74, 6) is -0.713. The van der Waals surface area contributed by atoms with E-state index >= 15 is 0 Å². The Hall–Kier alpha value is -1.94. The Kier molecular flexibility index (Phi) is 6.11. The second kappa shape index (κ2) is 8.06. The van der Waals surface area contributed by atoms with Gasteiger partial charge in [-0.1, -0.05) is 12.2 Å². The topological polar surface area (TPSA) is 84.0 Å². The summed E-state index contributed by atoms with van der Waals surface area (Å²) in [6.45, 7) is 1.86. The van der Waals surface area contributed by atoms with E-state index in [1.54, 1.807) is 6.08 Å². The number of imide groups is 1. The average molecular weight is 335 g/mol. The molecule has 0 aliphatic carbocycles. The third kappa shape index (κ3) is 4.08. The number of piperidine rings is 1. The molecule has 2 rings (SSSR count). The molecule has 124 valence electrons. The van der Waals surface area contributed by atoms with Crippen LogP contribution < -0.4 is 11.0 Å². The Morgan fingerprint density at radius 1 is 1.30 bits per heavy atom. The molecule has 1 aliphatic rings. The Labute approximate surface area is 137 Å². The molecule has 2 N–H and O–H groups in total. The van der Waals surface area contributed by atoms with E-state index in [-0.39, 0.29) is 18.0 Å². The molecule has 6 nitrogen and oxygen atoms in total. The summed E-state index contributed by atoms with van der Waals surface area (Å²) in [6.07, 6.45) is 11.0. The van der Waals surface area contributed by atoms with E-state index < -0.39 is 11.9 Å². The number of aromatic nitrogens is 2. The number of allylic oxidation sites excluding steroid dienone is 2. The number of H-pyrrole nitrogens is 1. The van der Waals surface area contributed by atoms with E-state index in [4.69, 9.17) is 0 Å². The molecule has 2 atom stereocenters. The van der Waals surface area contributed by atoms with E-state index in [1.807, 2.05) is 25.2 Å². The second-order valence-corrected chi connectivity index (χ2v) is 5.98. The maximum Gasteiger partial charge on any atom is 0.327 e. The van der Waals surface area contributed by atoms with Gasteiger partial charge in [0.2, 0.25) is 11.8 Å². The molecule has 7 heteroatoms. The van der Waals surface area contributed by atoms with Gasteiger partial charge in [-0.15, -0.1) is 9.24 Å². The first-order valence-electron chi connectivity index (χ1n) is 7.76. The van der Waals surface area contributed by atoms with E-state index in [0.717, 1.165) is 19.0 Å². The molecule has 2 amide bonds. The van der Waals surface area contributed by atoms with E-state index in [0.29, 0.717) is 17.8 Å². The molecule has 0 bridgehead atoms. The number of carbonyl (C=O) groups is 2. The zero-order valence-electron chi connectivity index (χ0n) is 13.2. The van der Waals surface area contributed by atoms with Crippen molar-refractivity contribution in [1.82, 2.24) is 14.9 Å². The van der Waals surface area contributed by atoms with Crippen molar-refractivity contribution >= 4 is 33.2 Å². The van der Waals surface area contributed by atoms with E-state index in [9.17, 15) is 14.4 Å². The number of nitrogens with one attached hydrogen (secondary N) is 2. The Balaban J connectivity index is 2.41. The van der Waals surface area contributed by atoms with Crippen LogP contribution in [0.25, 0.3) is 12.2 Å². The number of rotatable bonds is 6. The van der Waals surface area contributed by atoms with Crippen molar-refractivity contribution in [2.45, 2.75) is 38.6 Å². The zero-order chi connectivity index (χ0) is 16.8. The fourth-order valence-electron chi connectivity index (χ4n) is 2.61. The molecule has 0 radical (unpaired) electrons. The normalized spacial score (nSPS) is 19.0. The van der Waals surface area contributed by atoms with Crippen molar-refractivity contribution in [3.63, 3.8) is 0 Å². The first-order chi connectivity index (χ1) is 11.1. The SMILES string of the molecule is C/C=C\c1[nH]c(=O)n(C2CCC(=O)NC2=O)c1/C=C\CCCP. The molecule has 2 heterocycles. The highest BCUT2D eigenvalue weighted by Gasteiger charge is 2.31. The van der Waals surface area contributed by atoms with Gasteiger partial charge in [-0.3, -0.25) is 19.5 Å². The Morgan fingerprint density at radius 2 is 2.09 bits per heavy atom. The van der Waals surface area contributed by atoms with Gasteiger partial charge in [0.1, 0.15) is 6.04 Å². The molecule has 1 aliphatic heterocycles. The lowest BCUT2D eigenvalue weighted by Crippen LogP contribution is -2.44. The fourth-order valence-corrected chi connectivity index (χ4v) is 2.85. The standard InChI is InChI=1S/C16H22N3O3P/c1-2-6-11-12(7-4-3-5-10-23)19(16(22)17-11)13-8-9-14(20)18-15(13)21/h2,4,6-7,13H,3,5,8-10,23H2,1H3,(H,17,22)(H,18,20,21)/b6-2-,7-4-. The molecule has 23 heavy (non-hydrogen) atoms. The van der Waals surface area contributed by atoms with Crippen LogP contribution in [0.3, 0.4) is 0 Å². The van der Waals surface area contributed by atoms with Crippen LogP contribution >= 0.6 is 9.24 Å².